The maximum absolute atomic E-state index is 5.21. The predicted octanol–water partition coefficient (Wildman–Crippen LogP) is 2.19. The lowest BCUT2D eigenvalue weighted by molar-refractivity contribution is 0.144. The monoisotopic (exact) mass is 467 g/mol. The first-order chi connectivity index (χ1) is 11.1. The zero-order chi connectivity index (χ0) is 16.7. The number of hydrogen-bond donors (Lipinski definition) is 1. The zero-order valence-corrected chi connectivity index (χ0v) is 18.3. The van der Waals surface area contributed by atoms with Gasteiger partial charge in [0, 0.05) is 52.3 Å². The van der Waals surface area contributed by atoms with E-state index < -0.39 is 0 Å². The van der Waals surface area contributed by atoms with Crippen molar-refractivity contribution in [3.05, 3.63) is 16.1 Å². The highest BCUT2D eigenvalue weighted by Gasteiger charge is 2.28. The van der Waals surface area contributed by atoms with Crippen LogP contribution in [0.2, 0.25) is 0 Å². The standard InChI is InChI=1S/C16H29N5OS.HI/c1-13-19-14(12-23-13)11-20(3)16(17-2)18-7-8-21(9-10-22-4)15-5-6-15;/h12,15H,5-11H2,1-4H3,(H,17,18);1H. The molecule has 1 heterocycles. The van der Waals surface area contributed by atoms with Gasteiger partial charge in [-0.15, -0.1) is 35.3 Å². The molecule has 0 aliphatic heterocycles. The van der Waals surface area contributed by atoms with E-state index in [0.717, 1.165) is 55.5 Å². The van der Waals surface area contributed by atoms with Crippen LogP contribution in [-0.4, -0.2) is 74.2 Å². The van der Waals surface area contributed by atoms with E-state index in [1.165, 1.54) is 12.8 Å². The Hall–Kier alpha value is -0.450. The normalized spacial score (nSPS) is 14.6. The van der Waals surface area contributed by atoms with Gasteiger partial charge < -0.3 is 15.0 Å². The van der Waals surface area contributed by atoms with Crippen LogP contribution in [0.15, 0.2) is 10.4 Å². The molecule has 24 heavy (non-hydrogen) atoms. The molecule has 1 aromatic rings. The van der Waals surface area contributed by atoms with E-state index in [1.54, 1.807) is 18.4 Å². The fraction of sp³-hybridized carbons (Fsp3) is 0.750. The average molecular weight is 467 g/mol. The quantitative estimate of drug-likeness (QED) is 0.343. The summed E-state index contributed by atoms with van der Waals surface area (Å²) in [4.78, 5) is 13.5. The van der Waals surface area contributed by atoms with Gasteiger partial charge in [-0.2, -0.15) is 0 Å². The van der Waals surface area contributed by atoms with Gasteiger partial charge in [-0.1, -0.05) is 0 Å². The van der Waals surface area contributed by atoms with E-state index in [2.05, 4.69) is 30.5 Å². The molecular formula is C16H30IN5OS. The molecule has 0 bridgehead atoms. The molecule has 0 radical (unpaired) electrons. The van der Waals surface area contributed by atoms with Crippen LogP contribution in [0.25, 0.3) is 0 Å². The van der Waals surface area contributed by atoms with Crippen molar-refractivity contribution in [2.45, 2.75) is 32.4 Å². The Kier molecular flexibility index (Phi) is 10.1. The maximum atomic E-state index is 5.21. The van der Waals surface area contributed by atoms with Crippen LogP contribution < -0.4 is 5.32 Å². The minimum absolute atomic E-state index is 0. The molecule has 1 saturated carbocycles. The van der Waals surface area contributed by atoms with E-state index in [-0.39, 0.29) is 24.0 Å². The summed E-state index contributed by atoms with van der Waals surface area (Å²) >= 11 is 1.69. The van der Waals surface area contributed by atoms with Crippen molar-refractivity contribution in [2.24, 2.45) is 4.99 Å². The summed E-state index contributed by atoms with van der Waals surface area (Å²) in [5, 5.41) is 6.67. The second kappa shape index (κ2) is 11.2. The van der Waals surface area contributed by atoms with Gasteiger partial charge in [-0.3, -0.25) is 9.89 Å². The van der Waals surface area contributed by atoms with Crippen LogP contribution in [0.1, 0.15) is 23.5 Å². The summed E-state index contributed by atoms with van der Waals surface area (Å²) in [6.07, 6.45) is 2.64. The Bertz CT molecular complexity index is 506. The molecule has 0 amide bonds. The number of hydrogen-bond acceptors (Lipinski definition) is 5. The second-order valence-electron chi connectivity index (χ2n) is 5.95. The smallest absolute Gasteiger partial charge is 0.193 e. The summed E-state index contributed by atoms with van der Waals surface area (Å²) in [5.74, 6) is 0.915. The topological polar surface area (TPSA) is 53.0 Å². The van der Waals surface area contributed by atoms with Gasteiger partial charge in [0.1, 0.15) is 0 Å². The van der Waals surface area contributed by atoms with Gasteiger partial charge in [0.25, 0.3) is 0 Å². The first-order valence-electron chi connectivity index (χ1n) is 8.19. The Morgan fingerprint density at radius 3 is 2.75 bits per heavy atom. The number of methoxy groups -OCH3 is 1. The first kappa shape index (κ1) is 21.6. The maximum Gasteiger partial charge on any atom is 0.193 e. The van der Waals surface area contributed by atoms with Gasteiger partial charge in [0.05, 0.1) is 23.9 Å². The number of ether oxygens (including phenoxy) is 1. The number of halogens is 1. The Morgan fingerprint density at radius 2 is 2.21 bits per heavy atom. The Labute approximate surface area is 166 Å². The highest BCUT2D eigenvalue weighted by atomic mass is 127. The van der Waals surface area contributed by atoms with E-state index in [0.29, 0.717) is 0 Å². The van der Waals surface area contributed by atoms with Crippen molar-refractivity contribution in [3.63, 3.8) is 0 Å². The van der Waals surface area contributed by atoms with E-state index in [1.807, 2.05) is 21.0 Å². The third-order valence-corrected chi connectivity index (χ3v) is 4.79. The van der Waals surface area contributed by atoms with Gasteiger partial charge in [-0.05, 0) is 19.8 Å². The minimum Gasteiger partial charge on any atom is -0.383 e. The molecule has 1 fully saturated rings. The highest BCUT2D eigenvalue weighted by Crippen LogP contribution is 2.25. The number of nitrogens with one attached hydrogen (secondary N) is 1. The molecule has 1 aliphatic carbocycles. The molecule has 0 saturated heterocycles. The number of thiazole rings is 1. The van der Waals surface area contributed by atoms with Crippen LogP contribution >= 0.6 is 35.3 Å². The Balaban J connectivity index is 0.00000288. The van der Waals surface area contributed by atoms with Crippen molar-refractivity contribution in [1.29, 1.82) is 0 Å². The van der Waals surface area contributed by atoms with Gasteiger partial charge >= 0.3 is 0 Å². The lowest BCUT2D eigenvalue weighted by atomic mass is 10.4. The molecule has 0 unspecified atom stereocenters. The third-order valence-electron chi connectivity index (χ3n) is 3.97. The summed E-state index contributed by atoms with van der Waals surface area (Å²) in [5.41, 5.74) is 1.10. The molecule has 8 heteroatoms. The summed E-state index contributed by atoms with van der Waals surface area (Å²) in [7, 11) is 5.64. The second-order valence-corrected chi connectivity index (χ2v) is 7.01. The summed E-state index contributed by atoms with van der Waals surface area (Å²) in [6, 6.07) is 0.754. The Morgan fingerprint density at radius 1 is 1.46 bits per heavy atom. The van der Waals surface area contributed by atoms with Crippen molar-refractivity contribution >= 4 is 41.3 Å². The van der Waals surface area contributed by atoms with Crippen molar-refractivity contribution in [2.75, 3.05) is 47.4 Å². The number of aryl methyl sites for hydroxylation is 1. The molecule has 0 aromatic carbocycles. The van der Waals surface area contributed by atoms with E-state index in [4.69, 9.17) is 4.74 Å². The van der Waals surface area contributed by atoms with Crippen molar-refractivity contribution < 1.29 is 4.74 Å². The fourth-order valence-corrected chi connectivity index (χ4v) is 3.22. The largest absolute Gasteiger partial charge is 0.383 e. The number of aliphatic imine (C=N–C) groups is 1. The van der Waals surface area contributed by atoms with Gasteiger partial charge in [0.2, 0.25) is 0 Å². The first-order valence-corrected chi connectivity index (χ1v) is 9.07. The van der Waals surface area contributed by atoms with Crippen LogP contribution in [0.5, 0.6) is 0 Å². The summed E-state index contributed by atoms with van der Waals surface area (Å²) < 4.78 is 5.21. The zero-order valence-electron chi connectivity index (χ0n) is 15.1. The van der Waals surface area contributed by atoms with E-state index >= 15 is 0 Å². The molecule has 0 spiro atoms. The summed E-state index contributed by atoms with van der Waals surface area (Å²) in [6.45, 7) is 6.54. The molecular weight excluding hydrogens is 437 g/mol. The number of rotatable bonds is 9. The lowest BCUT2D eigenvalue weighted by Gasteiger charge is -2.25. The molecule has 1 aliphatic rings. The number of nitrogens with zero attached hydrogens (tertiary/aromatic N) is 4. The lowest BCUT2D eigenvalue weighted by Crippen LogP contribution is -2.43. The molecule has 2 rings (SSSR count). The third kappa shape index (κ3) is 7.20. The fourth-order valence-electron chi connectivity index (χ4n) is 2.62. The number of guanidine groups is 1. The average Bonchev–Trinajstić information content (AvgIpc) is 3.30. The minimum atomic E-state index is 0. The van der Waals surface area contributed by atoms with Crippen LogP contribution in [-0.2, 0) is 11.3 Å². The molecule has 1 N–H and O–H groups in total. The molecule has 0 atom stereocenters. The van der Waals surface area contributed by atoms with Gasteiger partial charge in [0.15, 0.2) is 5.96 Å². The van der Waals surface area contributed by atoms with Gasteiger partial charge in [-0.25, -0.2) is 4.98 Å². The molecule has 1 aromatic heterocycles. The molecule has 6 nitrogen and oxygen atoms in total. The van der Waals surface area contributed by atoms with Crippen molar-refractivity contribution in [1.82, 2.24) is 20.1 Å². The predicted molar refractivity (Wildman–Crippen MR) is 112 cm³/mol. The van der Waals surface area contributed by atoms with Crippen LogP contribution in [0.4, 0.5) is 0 Å². The van der Waals surface area contributed by atoms with Crippen molar-refractivity contribution in [3.8, 4) is 0 Å². The van der Waals surface area contributed by atoms with Crippen LogP contribution in [0, 0.1) is 6.92 Å². The van der Waals surface area contributed by atoms with E-state index in [9.17, 15) is 0 Å². The molecule has 138 valence electrons. The number of aromatic nitrogens is 1. The SMILES string of the molecule is CN=C(NCCN(CCOC)C1CC1)N(C)Cc1csc(C)n1.I. The van der Waals surface area contributed by atoms with Crippen LogP contribution in [0.3, 0.4) is 0 Å². The highest BCUT2D eigenvalue weighted by molar-refractivity contribution is 14.0.